The van der Waals surface area contributed by atoms with Crippen molar-refractivity contribution in [2.75, 3.05) is 6.61 Å². The third-order valence-corrected chi connectivity index (χ3v) is 5.28. The van der Waals surface area contributed by atoms with Crippen LogP contribution in [0.4, 0.5) is 0 Å². The summed E-state index contributed by atoms with van der Waals surface area (Å²) in [4.78, 5) is 10.1. The lowest BCUT2D eigenvalue weighted by Crippen LogP contribution is -2.39. The van der Waals surface area contributed by atoms with Gasteiger partial charge in [-0.25, -0.2) is 9.97 Å². The van der Waals surface area contributed by atoms with Gasteiger partial charge in [0.2, 0.25) is 0 Å². The zero-order valence-electron chi connectivity index (χ0n) is 9.77. The number of aliphatic hydroxyl groups is 1. The number of aliphatic hydroxyl groups excluding tert-OH is 1. The van der Waals surface area contributed by atoms with Crippen molar-refractivity contribution in [2.45, 2.75) is 24.7 Å². The van der Waals surface area contributed by atoms with Gasteiger partial charge in [-0.1, -0.05) is 6.42 Å². The molecule has 2 aromatic heterocycles. The van der Waals surface area contributed by atoms with Gasteiger partial charge in [-0.2, -0.15) is 0 Å². The van der Waals surface area contributed by atoms with Crippen molar-refractivity contribution < 1.29 is 5.11 Å². The fraction of sp³-hybridized carbons (Fsp3) is 0.385. The number of nitrogens with zero attached hydrogens (tertiary/aromatic N) is 2. The minimum atomic E-state index is -0.190. The van der Waals surface area contributed by atoms with Crippen molar-refractivity contribution in [1.82, 2.24) is 9.97 Å². The molecule has 0 aromatic carbocycles. The van der Waals surface area contributed by atoms with E-state index in [1.54, 1.807) is 17.5 Å². The van der Waals surface area contributed by atoms with E-state index in [9.17, 15) is 5.11 Å². The van der Waals surface area contributed by atoms with E-state index in [-0.39, 0.29) is 12.0 Å². The maximum Gasteiger partial charge on any atom is 0.137 e. The first-order chi connectivity index (χ1) is 8.73. The highest BCUT2D eigenvalue weighted by Crippen LogP contribution is 2.42. The van der Waals surface area contributed by atoms with Gasteiger partial charge in [0.05, 0.1) is 22.6 Å². The highest BCUT2D eigenvalue weighted by atomic mass is 79.9. The maximum atomic E-state index is 9.57. The van der Waals surface area contributed by atoms with E-state index in [2.05, 4.69) is 32.0 Å². The van der Waals surface area contributed by atoms with Crippen LogP contribution >= 0.6 is 27.3 Å². The second-order valence-corrected chi connectivity index (χ2v) is 6.51. The van der Waals surface area contributed by atoms with Crippen LogP contribution in [0, 0.1) is 0 Å². The van der Waals surface area contributed by atoms with Gasteiger partial charge in [0.15, 0.2) is 0 Å². The standard InChI is InChI=1S/C13H13BrN2OS/c14-9-6-11(18-7-9)10-2-5-15-12(16-10)13(8-17)3-1-4-13/h2,5-7,17H,1,3-4,8H2. The number of hydrogen-bond acceptors (Lipinski definition) is 4. The monoisotopic (exact) mass is 324 g/mol. The summed E-state index contributed by atoms with van der Waals surface area (Å²) in [6.07, 6.45) is 4.92. The molecule has 2 heterocycles. The largest absolute Gasteiger partial charge is 0.395 e. The van der Waals surface area contributed by atoms with E-state index in [1.165, 1.54) is 0 Å². The molecule has 0 bridgehead atoms. The normalized spacial score (nSPS) is 17.4. The zero-order valence-corrected chi connectivity index (χ0v) is 12.2. The molecule has 1 saturated carbocycles. The Hall–Kier alpha value is -0.780. The Labute approximate surface area is 118 Å². The molecule has 0 radical (unpaired) electrons. The van der Waals surface area contributed by atoms with Crippen LogP contribution in [0.2, 0.25) is 0 Å². The average molecular weight is 325 g/mol. The van der Waals surface area contributed by atoms with Gasteiger partial charge in [0, 0.05) is 16.0 Å². The molecule has 0 atom stereocenters. The molecule has 2 aromatic rings. The van der Waals surface area contributed by atoms with Crippen molar-refractivity contribution in [2.24, 2.45) is 0 Å². The van der Waals surface area contributed by atoms with Crippen molar-refractivity contribution in [3.05, 3.63) is 34.0 Å². The van der Waals surface area contributed by atoms with Crippen LogP contribution in [0.25, 0.3) is 10.6 Å². The van der Waals surface area contributed by atoms with Gasteiger partial charge in [-0.15, -0.1) is 11.3 Å². The fourth-order valence-corrected chi connectivity index (χ4v) is 3.65. The minimum absolute atomic E-state index is 0.143. The molecule has 18 heavy (non-hydrogen) atoms. The Morgan fingerprint density at radius 1 is 1.44 bits per heavy atom. The van der Waals surface area contributed by atoms with Crippen LogP contribution in [-0.4, -0.2) is 21.7 Å². The van der Waals surface area contributed by atoms with Crippen molar-refractivity contribution in [3.63, 3.8) is 0 Å². The van der Waals surface area contributed by atoms with Crippen LogP contribution in [0.5, 0.6) is 0 Å². The SMILES string of the molecule is OCC1(c2nccc(-c3cc(Br)cs3)n2)CCC1. The third-order valence-electron chi connectivity index (χ3n) is 3.56. The second kappa shape index (κ2) is 4.72. The molecular weight excluding hydrogens is 312 g/mol. The fourth-order valence-electron chi connectivity index (χ4n) is 2.25. The lowest BCUT2D eigenvalue weighted by Gasteiger charge is -2.38. The van der Waals surface area contributed by atoms with Gasteiger partial charge in [0.25, 0.3) is 0 Å². The summed E-state index contributed by atoms with van der Waals surface area (Å²) in [7, 11) is 0. The Kier molecular flexibility index (Phi) is 3.21. The first-order valence-electron chi connectivity index (χ1n) is 5.92. The van der Waals surface area contributed by atoms with E-state index in [0.717, 1.165) is 40.1 Å². The van der Waals surface area contributed by atoms with Crippen molar-refractivity contribution in [3.8, 4) is 10.6 Å². The Morgan fingerprint density at radius 2 is 2.28 bits per heavy atom. The van der Waals surface area contributed by atoms with Crippen LogP contribution in [0.15, 0.2) is 28.2 Å². The summed E-state index contributed by atoms with van der Waals surface area (Å²) in [6.45, 7) is 0.143. The van der Waals surface area contributed by atoms with E-state index >= 15 is 0 Å². The highest BCUT2D eigenvalue weighted by molar-refractivity contribution is 9.10. The van der Waals surface area contributed by atoms with Crippen LogP contribution in [0.1, 0.15) is 25.1 Å². The van der Waals surface area contributed by atoms with Crippen molar-refractivity contribution >= 4 is 27.3 Å². The summed E-state index contributed by atoms with van der Waals surface area (Å²) in [5.74, 6) is 0.790. The summed E-state index contributed by atoms with van der Waals surface area (Å²) >= 11 is 5.11. The smallest absolute Gasteiger partial charge is 0.137 e. The molecule has 0 saturated heterocycles. The molecule has 1 N–H and O–H groups in total. The van der Waals surface area contributed by atoms with Gasteiger partial charge in [-0.05, 0) is 40.9 Å². The Balaban J connectivity index is 1.99. The molecule has 3 rings (SSSR count). The third kappa shape index (κ3) is 2.00. The zero-order chi connectivity index (χ0) is 12.6. The van der Waals surface area contributed by atoms with Gasteiger partial charge >= 0.3 is 0 Å². The molecule has 1 aliphatic rings. The van der Waals surface area contributed by atoms with Crippen LogP contribution in [0.3, 0.4) is 0 Å². The minimum Gasteiger partial charge on any atom is -0.395 e. The summed E-state index contributed by atoms with van der Waals surface area (Å²) in [5.41, 5.74) is 0.750. The molecule has 1 fully saturated rings. The Bertz CT molecular complexity index is 560. The molecular formula is C13H13BrN2OS. The maximum absolute atomic E-state index is 9.57. The molecule has 94 valence electrons. The van der Waals surface area contributed by atoms with E-state index < -0.39 is 0 Å². The number of halogens is 1. The first kappa shape index (κ1) is 12.3. The Morgan fingerprint density at radius 3 is 2.83 bits per heavy atom. The number of rotatable bonds is 3. The summed E-state index contributed by atoms with van der Waals surface area (Å²) in [6, 6.07) is 3.98. The number of thiophene rings is 1. The lowest BCUT2D eigenvalue weighted by atomic mass is 9.68. The molecule has 5 heteroatoms. The predicted molar refractivity (Wildman–Crippen MR) is 75.7 cm³/mol. The molecule has 0 unspecified atom stereocenters. The molecule has 3 nitrogen and oxygen atoms in total. The van der Waals surface area contributed by atoms with E-state index in [4.69, 9.17) is 0 Å². The quantitative estimate of drug-likeness (QED) is 0.941. The van der Waals surface area contributed by atoms with Gasteiger partial charge < -0.3 is 5.11 Å². The van der Waals surface area contributed by atoms with Crippen molar-refractivity contribution in [1.29, 1.82) is 0 Å². The lowest BCUT2D eigenvalue weighted by molar-refractivity contribution is 0.112. The topological polar surface area (TPSA) is 46.0 Å². The van der Waals surface area contributed by atoms with Gasteiger partial charge in [0.1, 0.15) is 5.82 Å². The molecule has 1 aliphatic carbocycles. The molecule has 0 aliphatic heterocycles. The summed E-state index contributed by atoms with van der Waals surface area (Å²) < 4.78 is 1.07. The molecule has 0 spiro atoms. The van der Waals surface area contributed by atoms with E-state index in [0.29, 0.717) is 0 Å². The first-order valence-corrected chi connectivity index (χ1v) is 7.60. The second-order valence-electron chi connectivity index (χ2n) is 4.69. The van der Waals surface area contributed by atoms with Crippen LogP contribution < -0.4 is 0 Å². The van der Waals surface area contributed by atoms with Crippen LogP contribution in [-0.2, 0) is 5.41 Å². The van der Waals surface area contributed by atoms with E-state index in [1.807, 2.05) is 11.4 Å². The highest BCUT2D eigenvalue weighted by Gasteiger charge is 2.40. The summed E-state index contributed by atoms with van der Waals surface area (Å²) in [5, 5.41) is 11.6. The predicted octanol–water partition coefficient (Wildman–Crippen LogP) is 3.38. The number of hydrogen-bond donors (Lipinski definition) is 1. The molecule has 0 amide bonds. The average Bonchev–Trinajstić information content (AvgIpc) is 2.76. The number of aromatic nitrogens is 2. The van der Waals surface area contributed by atoms with Gasteiger partial charge in [-0.3, -0.25) is 0 Å².